The van der Waals surface area contributed by atoms with Gasteiger partial charge in [-0.25, -0.2) is 4.79 Å². The Kier molecular flexibility index (Phi) is 5.61. The van der Waals surface area contributed by atoms with Gasteiger partial charge in [-0.1, -0.05) is 11.6 Å². The molecule has 2 aliphatic carbocycles. The van der Waals surface area contributed by atoms with Crippen LogP contribution in [-0.2, 0) is 14.3 Å². The summed E-state index contributed by atoms with van der Waals surface area (Å²) in [5, 5.41) is 0.489. The molecule has 0 aliphatic heterocycles. The van der Waals surface area contributed by atoms with Crippen molar-refractivity contribution in [3.05, 3.63) is 28.3 Å². The third-order valence-corrected chi connectivity index (χ3v) is 6.51. The van der Waals surface area contributed by atoms with Crippen molar-refractivity contribution in [3.63, 3.8) is 0 Å². The number of esters is 1. The number of anilines is 1. The fourth-order valence-electron chi connectivity index (χ4n) is 4.74. The van der Waals surface area contributed by atoms with Gasteiger partial charge in [0.1, 0.15) is 11.6 Å². The number of ketones is 2. The van der Waals surface area contributed by atoms with Crippen molar-refractivity contribution in [2.75, 3.05) is 18.6 Å². The van der Waals surface area contributed by atoms with Gasteiger partial charge in [0.2, 0.25) is 0 Å². The number of ether oxygens (including phenoxy) is 1. The standard InChI is InChI=1S/C21H26ClNO4/c1-4-23(17-12-14(22)11-16(13(17)2)20(26)27-3)15-7-9-21(10-8-15)18(24)5-6-19(21)25/h11-12,15H,4-10H2,1-3H3. The fourth-order valence-corrected chi connectivity index (χ4v) is 4.95. The third-order valence-electron chi connectivity index (χ3n) is 6.30. The van der Waals surface area contributed by atoms with Crippen molar-refractivity contribution < 1.29 is 19.1 Å². The first-order valence-corrected chi connectivity index (χ1v) is 9.93. The average molecular weight is 392 g/mol. The number of carbonyl (C=O) groups is 3. The van der Waals surface area contributed by atoms with Gasteiger partial charge in [0.15, 0.2) is 0 Å². The second-order valence-corrected chi connectivity index (χ2v) is 7.97. The Morgan fingerprint density at radius 1 is 1.22 bits per heavy atom. The van der Waals surface area contributed by atoms with E-state index in [-0.39, 0.29) is 17.6 Å². The second-order valence-electron chi connectivity index (χ2n) is 7.53. The quantitative estimate of drug-likeness (QED) is 0.570. The Hall–Kier alpha value is -1.88. The van der Waals surface area contributed by atoms with Crippen LogP contribution < -0.4 is 4.90 Å². The van der Waals surface area contributed by atoms with Crippen LogP contribution in [0.2, 0.25) is 5.02 Å². The molecule has 146 valence electrons. The van der Waals surface area contributed by atoms with Gasteiger partial charge in [-0.3, -0.25) is 9.59 Å². The molecule has 1 aromatic carbocycles. The molecule has 3 rings (SSSR count). The van der Waals surface area contributed by atoms with Crippen LogP contribution in [0.5, 0.6) is 0 Å². The Bertz CT molecular complexity index is 763. The topological polar surface area (TPSA) is 63.7 Å². The van der Waals surface area contributed by atoms with E-state index in [9.17, 15) is 14.4 Å². The minimum absolute atomic E-state index is 0.126. The highest BCUT2D eigenvalue weighted by atomic mass is 35.5. The van der Waals surface area contributed by atoms with Crippen molar-refractivity contribution in [2.24, 2.45) is 5.41 Å². The molecule has 0 radical (unpaired) electrons. The summed E-state index contributed by atoms with van der Waals surface area (Å²) in [5.74, 6) is -0.154. The van der Waals surface area contributed by atoms with E-state index in [1.165, 1.54) is 7.11 Å². The summed E-state index contributed by atoms with van der Waals surface area (Å²) in [6, 6.07) is 3.72. The molecule has 0 aromatic heterocycles. The zero-order chi connectivity index (χ0) is 19.8. The smallest absolute Gasteiger partial charge is 0.338 e. The molecule has 5 nitrogen and oxygen atoms in total. The zero-order valence-corrected chi connectivity index (χ0v) is 16.9. The molecule has 0 amide bonds. The van der Waals surface area contributed by atoms with Crippen LogP contribution in [0.3, 0.4) is 0 Å². The number of nitrogens with zero attached hydrogens (tertiary/aromatic N) is 1. The van der Waals surface area contributed by atoms with Crippen molar-refractivity contribution in [2.45, 2.75) is 58.4 Å². The highest BCUT2D eigenvalue weighted by molar-refractivity contribution is 6.31. The number of Topliss-reactive ketones (excluding diaryl/α,β-unsaturated/α-hetero) is 2. The number of hydrogen-bond acceptors (Lipinski definition) is 5. The average Bonchev–Trinajstić information content (AvgIpc) is 2.94. The van der Waals surface area contributed by atoms with Gasteiger partial charge < -0.3 is 9.64 Å². The largest absolute Gasteiger partial charge is 0.465 e. The number of hydrogen-bond donors (Lipinski definition) is 0. The van der Waals surface area contributed by atoms with Gasteiger partial charge in [0, 0.05) is 36.1 Å². The molecule has 2 saturated carbocycles. The Labute approximate surface area is 165 Å². The lowest BCUT2D eigenvalue weighted by Crippen LogP contribution is -2.45. The predicted octanol–water partition coefficient (Wildman–Crippen LogP) is 4.12. The van der Waals surface area contributed by atoms with E-state index in [2.05, 4.69) is 11.8 Å². The van der Waals surface area contributed by atoms with Crippen LogP contribution in [-0.4, -0.2) is 37.2 Å². The number of methoxy groups -OCH3 is 1. The van der Waals surface area contributed by atoms with Crippen LogP contribution in [0.1, 0.15) is 61.4 Å². The molecule has 6 heteroatoms. The molecular weight excluding hydrogens is 366 g/mol. The summed E-state index contributed by atoms with van der Waals surface area (Å²) in [6.45, 7) is 4.71. The Balaban J connectivity index is 1.87. The fraction of sp³-hybridized carbons (Fsp3) is 0.571. The van der Waals surface area contributed by atoms with Gasteiger partial charge in [-0.15, -0.1) is 0 Å². The minimum atomic E-state index is -0.726. The molecule has 0 atom stereocenters. The van der Waals surface area contributed by atoms with Gasteiger partial charge in [-0.2, -0.15) is 0 Å². The maximum absolute atomic E-state index is 12.3. The first kappa shape index (κ1) is 19.9. The molecule has 0 unspecified atom stereocenters. The molecule has 0 N–H and O–H groups in total. The lowest BCUT2D eigenvalue weighted by molar-refractivity contribution is -0.137. The van der Waals surface area contributed by atoms with E-state index in [0.717, 1.165) is 30.6 Å². The number of benzene rings is 1. The Morgan fingerprint density at radius 2 is 1.81 bits per heavy atom. The van der Waals surface area contributed by atoms with Crippen LogP contribution >= 0.6 is 11.6 Å². The molecule has 2 aliphatic rings. The summed E-state index contributed by atoms with van der Waals surface area (Å²) in [5.41, 5.74) is 1.49. The van der Waals surface area contributed by atoms with Crippen LogP contribution in [0.15, 0.2) is 12.1 Å². The van der Waals surface area contributed by atoms with E-state index in [0.29, 0.717) is 36.3 Å². The first-order valence-electron chi connectivity index (χ1n) is 9.55. The second kappa shape index (κ2) is 7.63. The summed E-state index contributed by atoms with van der Waals surface area (Å²) >= 11 is 6.28. The molecule has 27 heavy (non-hydrogen) atoms. The van der Waals surface area contributed by atoms with E-state index in [1.54, 1.807) is 6.07 Å². The minimum Gasteiger partial charge on any atom is -0.465 e. The SMILES string of the molecule is CCN(c1cc(Cl)cc(C(=O)OC)c1C)C1CCC2(CC1)C(=O)CCC2=O. The van der Waals surface area contributed by atoms with Crippen LogP contribution in [0.4, 0.5) is 5.69 Å². The van der Waals surface area contributed by atoms with E-state index in [4.69, 9.17) is 16.3 Å². The number of carbonyl (C=O) groups excluding carboxylic acids is 3. The molecule has 0 heterocycles. The number of rotatable bonds is 4. The van der Waals surface area contributed by atoms with Crippen LogP contribution in [0.25, 0.3) is 0 Å². The monoisotopic (exact) mass is 391 g/mol. The van der Waals surface area contributed by atoms with E-state index < -0.39 is 11.4 Å². The van der Waals surface area contributed by atoms with Crippen molar-refractivity contribution >= 4 is 34.8 Å². The molecule has 1 spiro atoms. The molecule has 0 bridgehead atoms. The van der Waals surface area contributed by atoms with Crippen molar-refractivity contribution in [1.82, 2.24) is 0 Å². The van der Waals surface area contributed by atoms with Crippen molar-refractivity contribution in [1.29, 1.82) is 0 Å². The van der Waals surface area contributed by atoms with Gasteiger partial charge in [0.05, 0.1) is 18.1 Å². The van der Waals surface area contributed by atoms with Gasteiger partial charge in [0.25, 0.3) is 0 Å². The molecule has 1 aromatic rings. The summed E-state index contributed by atoms with van der Waals surface area (Å²) < 4.78 is 4.88. The highest BCUT2D eigenvalue weighted by Gasteiger charge is 2.51. The third kappa shape index (κ3) is 3.38. The van der Waals surface area contributed by atoms with E-state index >= 15 is 0 Å². The highest BCUT2D eigenvalue weighted by Crippen LogP contribution is 2.46. The zero-order valence-electron chi connectivity index (χ0n) is 16.1. The van der Waals surface area contributed by atoms with E-state index in [1.807, 2.05) is 13.0 Å². The number of halogens is 1. The predicted molar refractivity (Wildman–Crippen MR) is 104 cm³/mol. The van der Waals surface area contributed by atoms with Crippen molar-refractivity contribution in [3.8, 4) is 0 Å². The lowest BCUT2D eigenvalue weighted by atomic mass is 9.70. The van der Waals surface area contributed by atoms with Crippen LogP contribution in [0, 0.1) is 12.3 Å². The molecule has 0 saturated heterocycles. The molecule has 2 fully saturated rings. The van der Waals surface area contributed by atoms with Gasteiger partial charge in [-0.05, 0) is 57.2 Å². The first-order chi connectivity index (χ1) is 12.8. The normalized spacial score (nSPS) is 19.6. The lowest BCUT2D eigenvalue weighted by Gasteiger charge is -2.41. The maximum atomic E-state index is 12.3. The summed E-state index contributed by atoms with van der Waals surface area (Å²) in [4.78, 5) is 39.0. The summed E-state index contributed by atoms with van der Waals surface area (Å²) in [7, 11) is 1.36. The molecular formula is C21H26ClNO4. The maximum Gasteiger partial charge on any atom is 0.338 e. The van der Waals surface area contributed by atoms with Gasteiger partial charge >= 0.3 is 5.97 Å². The summed E-state index contributed by atoms with van der Waals surface area (Å²) in [6.07, 6.45) is 3.61. The Morgan fingerprint density at radius 3 is 2.33 bits per heavy atom.